The Morgan fingerprint density at radius 1 is 1.50 bits per heavy atom. The summed E-state index contributed by atoms with van der Waals surface area (Å²) in [7, 11) is 0. The van der Waals surface area contributed by atoms with Crippen molar-refractivity contribution < 1.29 is 35.0 Å². The highest BCUT2D eigenvalue weighted by Gasteiger charge is 2.11. The highest BCUT2D eigenvalue weighted by atomic mass is 16.4. The molecule has 0 aromatic carbocycles. The molecule has 7 heteroatoms. The summed E-state index contributed by atoms with van der Waals surface area (Å²) in [4.78, 5) is 22.0. The summed E-state index contributed by atoms with van der Waals surface area (Å²) >= 11 is 0. The average Bonchev–Trinajstić information content (AvgIpc) is 2.18. The molecular formula is C9H11NO6. The van der Waals surface area contributed by atoms with Crippen molar-refractivity contribution in [1.82, 2.24) is 0 Å². The summed E-state index contributed by atoms with van der Waals surface area (Å²) in [5.41, 5.74) is 0. The molecule has 4 N–H and O–H groups in total. The highest BCUT2D eigenvalue weighted by Crippen LogP contribution is 1.97. The van der Waals surface area contributed by atoms with Crippen molar-refractivity contribution in [3.63, 3.8) is 0 Å². The van der Waals surface area contributed by atoms with E-state index in [0.717, 1.165) is 0 Å². The fraction of sp³-hybridized carbons (Fsp3) is 0.222. The van der Waals surface area contributed by atoms with E-state index in [2.05, 4.69) is 4.98 Å². The second-order valence-electron chi connectivity index (χ2n) is 2.69. The van der Waals surface area contributed by atoms with E-state index in [1.165, 1.54) is 6.20 Å². The molecule has 1 aromatic heterocycles. The third kappa shape index (κ3) is 7.27. The zero-order valence-electron chi connectivity index (χ0n) is 8.16. The molecule has 0 amide bonds. The Bertz CT molecular complexity index is 339. The van der Waals surface area contributed by atoms with Crippen LogP contribution in [0.4, 0.5) is 0 Å². The largest absolute Gasteiger partial charge is 0.550 e. The number of hydrogen-bond acceptors (Lipinski definition) is 5. The SMILES string of the molecule is O=C([O-])C[C@H](O)C(=O)O.Oc1ccc[nH+]c1. The van der Waals surface area contributed by atoms with Crippen molar-refractivity contribution in [3.8, 4) is 5.75 Å². The van der Waals surface area contributed by atoms with E-state index in [1.54, 1.807) is 18.3 Å². The molecule has 0 radical (unpaired) electrons. The van der Waals surface area contributed by atoms with Gasteiger partial charge in [0.2, 0.25) is 6.20 Å². The number of pyridine rings is 1. The van der Waals surface area contributed by atoms with Crippen LogP contribution in [0, 0.1) is 0 Å². The smallest absolute Gasteiger partial charge is 0.332 e. The fourth-order valence-corrected chi connectivity index (χ4v) is 0.629. The molecule has 1 rings (SSSR count). The van der Waals surface area contributed by atoms with Crippen molar-refractivity contribution >= 4 is 11.9 Å². The number of hydrogen-bond donors (Lipinski definition) is 3. The lowest BCUT2D eigenvalue weighted by Crippen LogP contribution is -2.31. The normalized spacial score (nSPS) is 10.8. The molecule has 0 aliphatic heterocycles. The molecule has 16 heavy (non-hydrogen) atoms. The lowest BCUT2D eigenvalue weighted by molar-refractivity contribution is -0.379. The van der Waals surface area contributed by atoms with Crippen LogP contribution in [0.1, 0.15) is 6.42 Å². The van der Waals surface area contributed by atoms with Crippen LogP contribution in [0.2, 0.25) is 0 Å². The molecule has 1 aromatic rings. The minimum absolute atomic E-state index is 0.266. The lowest BCUT2D eigenvalue weighted by atomic mass is 10.3. The molecule has 0 aliphatic rings. The van der Waals surface area contributed by atoms with Crippen LogP contribution in [0.15, 0.2) is 24.5 Å². The minimum atomic E-state index is -1.85. The Morgan fingerprint density at radius 2 is 2.12 bits per heavy atom. The molecule has 1 atom stereocenters. The zero-order chi connectivity index (χ0) is 12.6. The first-order valence-electron chi connectivity index (χ1n) is 4.19. The second kappa shape index (κ2) is 7.18. The maximum Gasteiger partial charge on any atom is 0.332 e. The predicted octanol–water partition coefficient (Wildman–Crippen LogP) is -2.22. The highest BCUT2D eigenvalue weighted by molar-refractivity contribution is 5.78. The Labute approximate surface area is 90.6 Å². The maximum atomic E-state index is 9.69. The zero-order valence-corrected chi connectivity index (χ0v) is 8.16. The van der Waals surface area contributed by atoms with Gasteiger partial charge in [-0.25, -0.2) is 9.78 Å². The molecular weight excluding hydrogens is 218 g/mol. The van der Waals surface area contributed by atoms with Crippen molar-refractivity contribution in [2.45, 2.75) is 12.5 Å². The second-order valence-corrected chi connectivity index (χ2v) is 2.69. The van der Waals surface area contributed by atoms with Crippen molar-refractivity contribution in [1.29, 1.82) is 0 Å². The summed E-state index contributed by atoms with van der Waals surface area (Å²) in [6.45, 7) is 0. The minimum Gasteiger partial charge on any atom is -0.550 e. The third-order valence-corrected chi connectivity index (χ3v) is 1.34. The molecule has 0 bridgehead atoms. The average molecular weight is 229 g/mol. The molecule has 0 saturated carbocycles. The number of rotatable bonds is 3. The number of H-pyrrole nitrogens is 1. The van der Waals surface area contributed by atoms with Gasteiger partial charge in [0.15, 0.2) is 18.1 Å². The van der Waals surface area contributed by atoms with Gasteiger partial charge in [0.25, 0.3) is 0 Å². The molecule has 1 heterocycles. The van der Waals surface area contributed by atoms with E-state index in [4.69, 9.17) is 15.3 Å². The molecule has 0 unspecified atom stereocenters. The van der Waals surface area contributed by atoms with Crippen molar-refractivity contribution in [3.05, 3.63) is 24.5 Å². The topological polar surface area (TPSA) is 132 Å². The summed E-state index contributed by atoms with van der Waals surface area (Å²) < 4.78 is 0. The fourth-order valence-electron chi connectivity index (χ4n) is 0.629. The number of carbonyl (C=O) groups excluding carboxylic acids is 1. The number of carbonyl (C=O) groups is 2. The van der Waals surface area contributed by atoms with E-state index in [-0.39, 0.29) is 5.75 Å². The number of nitrogens with one attached hydrogen (secondary N) is 1. The molecule has 0 fully saturated rings. The lowest BCUT2D eigenvalue weighted by Gasteiger charge is -2.03. The van der Waals surface area contributed by atoms with Crippen LogP contribution in [0.25, 0.3) is 0 Å². The number of aromatic nitrogens is 1. The molecule has 0 saturated heterocycles. The van der Waals surface area contributed by atoms with Crippen LogP contribution in [0.3, 0.4) is 0 Å². The van der Waals surface area contributed by atoms with Crippen LogP contribution in [0.5, 0.6) is 5.75 Å². The number of carboxylic acid groups (broad SMARTS) is 2. The van der Waals surface area contributed by atoms with E-state index in [0.29, 0.717) is 0 Å². The van der Waals surface area contributed by atoms with Crippen molar-refractivity contribution in [2.75, 3.05) is 0 Å². The number of carboxylic acids is 2. The summed E-state index contributed by atoms with van der Waals surface area (Å²) in [6.07, 6.45) is 0.532. The standard InChI is InChI=1S/C5H5NO.C4H6O5/c7-5-2-1-3-6-4-5;5-2(4(8)9)1-3(6)7/h1-4,7H;2,5H,1H2,(H,6,7)(H,8,9)/t;2-/m.0/s1. The van der Waals surface area contributed by atoms with Gasteiger partial charge < -0.3 is 25.2 Å². The van der Waals surface area contributed by atoms with Crippen molar-refractivity contribution in [2.24, 2.45) is 0 Å². The van der Waals surface area contributed by atoms with Gasteiger partial charge in [0, 0.05) is 18.5 Å². The van der Waals surface area contributed by atoms with E-state index < -0.39 is 24.5 Å². The van der Waals surface area contributed by atoms with Gasteiger partial charge in [-0.15, -0.1) is 0 Å². The van der Waals surface area contributed by atoms with Gasteiger partial charge in [0.1, 0.15) is 0 Å². The summed E-state index contributed by atoms with van der Waals surface area (Å²) in [5, 5.41) is 34.3. The van der Waals surface area contributed by atoms with Crippen LogP contribution < -0.4 is 10.1 Å². The van der Waals surface area contributed by atoms with Gasteiger partial charge in [-0.2, -0.15) is 0 Å². The first-order chi connectivity index (χ1) is 7.43. The number of aliphatic hydroxyl groups is 1. The Hall–Kier alpha value is -2.15. The maximum absolute atomic E-state index is 9.69. The van der Waals surface area contributed by atoms with Gasteiger partial charge >= 0.3 is 5.97 Å². The molecule has 88 valence electrons. The van der Waals surface area contributed by atoms with Crippen LogP contribution >= 0.6 is 0 Å². The summed E-state index contributed by atoms with van der Waals surface area (Å²) in [6, 6.07) is 3.34. The van der Waals surface area contributed by atoms with Gasteiger partial charge in [-0.3, -0.25) is 0 Å². The monoisotopic (exact) mass is 229 g/mol. The molecule has 0 aliphatic carbocycles. The number of aromatic hydroxyl groups is 1. The predicted molar refractivity (Wildman–Crippen MR) is 47.9 cm³/mol. The number of aliphatic carboxylic acids is 2. The third-order valence-electron chi connectivity index (χ3n) is 1.34. The van der Waals surface area contributed by atoms with Gasteiger partial charge in [-0.1, -0.05) is 0 Å². The van der Waals surface area contributed by atoms with E-state index in [9.17, 15) is 14.7 Å². The van der Waals surface area contributed by atoms with Gasteiger partial charge in [-0.05, 0) is 6.07 Å². The molecule has 7 nitrogen and oxygen atoms in total. The first kappa shape index (κ1) is 13.8. The first-order valence-corrected chi connectivity index (χ1v) is 4.19. The summed E-state index contributed by atoms with van der Waals surface area (Å²) in [5.74, 6) is -2.87. The van der Waals surface area contributed by atoms with Crippen LogP contribution in [-0.2, 0) is 9.59 Å². The Kier molecular flexibility index (Phi) is 6.22. The number of aromatic amines is 1. The van der Waals surface area contributed by atoms with Crippen LogP contribution in [-0.4, -0.2) is 33.4 Å². The molecule has 0 spiro atoms. The number of aliphatic hydroxyl groups excluding tert-OH is 1. The van der Waals surface area contributed by atoms with Gasteiger partial charge in [0.05, 0.1) is 0 Å². The van der Waals surface area contributed by atoms with E-state index in [1.807, 2.05) is 0 Å². The van der Waals surface area contributed by atoms with E-state index >= 15 is 0 Å². The Morgan fingerprint density at radius 3 is 2.31 bits per heavy atom. The quantitative estimate of drug-likeness (QED) is 0.537. The Balaban J connectivity index is 0.000000288.